The number of fused-ring (bicyclic) bond motifs is 5. The van der Waals surface area contributed by atoms with Gasteiger partial charge in [-0.15, -0.1) is 0 Å². The lowest BCUT2D eigenvalue weighted by Crippen LogP contribution is -2.63. The van der Waals surface area contributed by atoms with Crippen molar-refractivity contribution in [2.24, 2.45) is 46.3 Å². The molecule has 0 bridgehead atoms. The average molecular weight is 964 g/mol. The number of esters is 1. The van der Waals surface area contributed by atoms with Crippen LogP contribution in [0.15, 0.2) is 11.6 Å². The number of likely N-dealkylation sites (N-methyl/N-ethyl adjacent to an activating group) is 1. The Hall–Kier alpha value is -2.09. The Kier molecular flexibility index (Phi) is 16.9. The Morgan fingerprint density at radius 3 is 2.29 bits per heavy atom. The Bertz CT molecular complexity index is 1830. The average Bonchev–Trinajstić information content (AvgIpc) is 3.54. The van der Waals surface area contributed by atoms with Gasteiger partial charge in [-0.2, -0.15) is 0 Å². The molecule has 2 saturated heterocycles. The van der Waals surface area contributed by atoms with Gasteiger partial charge >= 0.3 is 5.97 Å². The molecule has 3 saturated carbocycles. The molecule has 0 aromatic carbocycles. The van der Waals surface area contributed by atoms with Crippen LogP contribution in [0.1, 0.15) is 140 Å². The van der Waals surface area contributed by atoms with E-state index in [1.807, 2.05) is 44.7 Å². The molecule has 2 aliphatic heterocycles. The normalized spacial score (nSPS) is 48.9. The van der Waals surface area contributed by atoms with Crippen LogP contribution in [-0.4, -0.2) is 175 Å². The summed E-state index contributed by atoms with van der Waals surface area (Å²) >= 11 is 0. The second-order valence-corrected chi connectivity index (χ2v) is 23.8. The number of carbonyl (C=O) groups excluding carboxylic acids is 3. The minimum absolute atomic E-state index is 0.0114. The zero-order valence-corrected chi connectivity index (χ0v) is 43.2. The van der Waals surface area contributed by atoms with Gasteiger partial charge in [0.25, 0.3) is 5.91 Å². The van der Waals surface area contributed by atoms with E-state index in [-0.39, 0.29) is 79.2 Å². The highest BCUT2D eigenvalue weighted by Gasteiger charge is 2.68. The summed E-state index contributed by atoms with van der Waals surface area (Å²) in [5, 5.41) is 87.1. The molecule has 390 valence electrons. The molecule has 0 aromatic heterocycles. The summed E-state index contributed by atoms with van der Waals surface area (Å²) in [6, 6.07) is -1.03. The Balaban J connectivity index is 1.20. The molecular formula is C52H89N3O13. The summed E-state index contributed by atoms with van der Waals surface area (Å²) < 4.78 is 18.6. The van der Waals surface area contributed by atoms with Crippen LogP contribution in [0.25, 0.3) is 0 Å². The molecule has 2 heterocycles. The van der Waals surface area contributed by atoms with Crippen molar-refractivity contribution >= 4 is 17.7 Å². The molecule has 16 heteroatoms. The number of aliphatic hydroxyl groups excluding tert-OH is 4. The summed E-state index contributed by atoms with van der Waals surface area (Å²) in [5.74, 6) is -3.30. The molecule has 0 radical (unpaired) electrons. The zero-order valence-electron chi connectivity index (χ0n) is 43.2. The molecule has 16 nitrogen and oxygen atoms in total. The van der Waals surface area contributed by atoms with Gasteiger partial charge in [0.15, 0.2) is 6.29 Å². The van der Waals surface area contributed by atoms with Crippen LogP contribution in [0.3, 0.4) is 0 Å². The number of rotatable bonds is 9. The molecule has 0 aromatic rings. The van der Waals surface area contributed by atoms with E-state index in [2.05, 4.69) is 18.3 Å². The van der Waals surface area contributed by atoms with Crippen LogP contribution in [0.4, 0.5) is 0 Å². The third kappa shape index (κ3) is 10.3. The summed E-state index contributed by atoms with van der Waals surface area (Å²) in [5.41, 5.74) is -5.31. The van der Waals surface area contributed by atoms with E-state index >= 15 is 0 Å². The first kappa shape index (κ1) is 55.2. The molecule has 5 unspecified atom stereocenters. The lowest BCUT2D eigenvalue weighted by molar-refractivity contribution is -0.299. The van der Waals surface area contributed by atoms with Crippen LogP contribution in [-0.2, 0) is 28.6 Å². The van der Waals surface area contributed by atoms with E-state index in [1.54, 1.807) is 27.7 Å². The SMILES string of the molecule is CC[C@H]1OC(=O)[C@H](C)C(O)[C@H](C)C(O[C@@H]2O[C@H](C)C[C@@H](N(C)C)[C@H]2O)[C@](C)(O)C[C@@H](C)CN(CCCNC(=O)[C@@]2(O)CCC3C4CC=C5CC(=O)CC[C@]5(C)C4[C@@H](O)C[C@@]32C)[C@H](C)[C@@H](O)[C@]1(C)O. The van der Waals surface area contributed by atoms with Crippen molar-refractivity contribution in [1.82, 2.24) is 15.1 Å². The fraction of sp³-hybridized carbons (Fsp3) is 0.904. The lowest BCUT2D eigenvalue weighted by atomic mass is 9.46. The molecule has 6 rings (SSSR count). The summed E-state index contributed by atoms with van der Waals surface area (Å²) in [7, 11) is 3.72. The van der Waals surface area contributed by atoms with Gasteiger partial charge in [-0.05, 0) is 136 Å². The predicted molar refractivity (Wildman–Crippen MR) is 255 cm³/mol. The summed E-state index contributed by atoms with van der Waals surface area (Å²) in [4.78, 5) is 44.4. The second kappa shape index (κ2) is 20.8. The van der Waals surface area contributed by atoms with E-state index in [4.69, 9.17) is 14.2 Å². The predicted octanol–water partition coefficient (Wildman–Crippen LogP) is 3.09. The van der Waals surface area contributed by atoms with Crippen LogP contribution in [0.5, 0.6) is 0 Å². The first-order valence-electron chi connectivity index (χ1n) is 25.9. The number of hydrogen-bond acceptors (Lipinski definition) is 15. The summed E-state index contributed by atoms with van der Waals surface area (Å²) in [6.07, 6.45) is -1.40. The van der Waals surface area contributed by atoms with Gasteiger partial charge in [0.2, 0.25) is 0 Å². The molecule has 1 amide bonds. The number of amides is 1. The number of ketones is 1. The molecule has 21 atom stereocenters. The van der Waals surface area contributed by atoms with E-state index in [9.17, 15) is 50.1 Å². The van der Waals surface area contributed by atoms with Gasteiger partial charge < -0.3 is 60.2 Å². The molecule has 4 aliphatic carbocycles. The van der Waals surface area contributed by atoms with E-state index in [0.29, 0.717) is 58.0 Å². The number of carbonyl (C=O) groups is 3. The smallest absolute Gasteiger partial charge is 0.311 e. The molecule has 6 aliphatic rings. The van der Waals surface area contributed by atoms with E-state index < -0.39 is 94.9 Å². The number of nitrogens with one attached hydrogen (secondary N) is 1. The van der Waals surface area contributed by atoms with Crippen molar-refractivity contribution in [1.29, 1.82) is 0 Å². The third-order valence-corrected chi connectivity index (χ3v) is 18.6. The number of allylic oxidation sites excluding steroid dienone is 2. The van der Waals surface area contributed by atoms with E-state index in [0.717, 1.165) is 5.57 Å². The van der Waals surface area contributed by atoms with Crippen LogP contribution < -0.4 is 5.32 Å². The number of hydrogen-bond donors (Lipinski definition) is 8. The largest absolute Gasteiger partial charge is 0.459 e. The summed E-state index contributed by atoms with van der Waals surface area (Å²) in [6.45, 7) is 18.5. The maximum Gasteiger partial charge on any atom is 0.311 e. The number of ether oxygens (including phenoxy) is 3. The molecule has 68 heavy (non-hydrogen) atoms. The number of cyclic esters (lactones) is 1. The topological polar surface area (TPSA) is 239 Å². The van der Waals surface area contributed by atoms with Crippen LogP contribution in [0.2, 0.25) is 0 Å². The highest BCUT2D eigenvalue weighted by Crippen LogP contribution is 2.67. The minimum Gasteiger partial charge on any atom is -0.459 e. The Morgan fingerprint density at radius 1 is 0.971 bits per heavy atom. The van der Waals surface area contributed by atoms with Gasteiger partial charge in [-0.1, -0.05) is 46.3 Å². The maximum absolute atomic E-state index is 14.3. The van der Waals surface area contributed by atoms with Gasteiger partial charge in [-0.3, -0.25) is 19.3 Å². The van der Waals surface area contributed by atoms with Gasteiger partial charge in [0.05, 0.1) is 35.9 Å². The van der Waals surface area contributed by atoms with Crippen molar-refractivity contribution in [3.8, 4) is 0 Å². The third-order valence-electron chi connectivity index (χ3n) is 18.6. The number of nitrogens with zero attached hydrogens (tertiary/aromatic N) is 2. The maximum atomic E-state index is 14.3. The van der Waals surface area contributed by atoms with Crippen molar-refractivity contribution in [2.45, 2.75) is 218 Å². The van der Waals surface area contributed by atoms with Gasteiger partial charge in [0.1, 0.15) is 35.3 Å². The van der Waals surface area contributed by atoms with Crippen LogP contribution in [0, 0.1) is 46.3 Å². The van der Waals surface area contributed by atoms with Crippen molar-refractivity contribution in [3.63, 3.8) is 0 Å². The zero-order chi connectivity index (χ0) is 50.6. The van der Waals surface area contributed by atoms with Crippen molar-refractivity contribution < 1.29 is 64.3 Å². The highest BCUT2D eigenvalue weighted by molar-refractivity contribution is 5.86. The first-order chi connectivity index (χ1) is 31.5. The Morgan fingerprint density at radius 2 is 1.65 bits per heavy atom. The lowest BCUT2D eigenvalue weighted by Gasteiger charge is -2.59. The molecule has 5 fully saturated rings. The number of Topliss-reactive ketones (excluding diaryl/α,β-unsaturated/α-hetero) is 1. The molecular weight excluding hydrogens is 875 g/mol. The second-order valence-electron chi connectivity index (χ2n) is 23.8. The quantitative estimate of drug-likeness (QED) is 0.0942. The monoisotopic (exact) mass is 964 g/mol. The standard InChI is InChI=1S/C52H89N3O13/c1-13-39-51(10,64)43(60)32(6)55(27-28(2)25-50(9,63)44(30(4)41(58)31(5)45(61)67-39)68-46-42(59)37(54(11)12)23-29(3)66-46)22-14-21-53-47(62)52(65)20-18-36-35-16-15-33-24-34(56)17-19-48(33,7)40(35)38(57)26-49(36,52)8/h15,28-32,35-44,46,57-60,63-65H,13-14,16-27H2,1-12H3,(H,53,62)/t28-,29-,30+,31-,32-,35?,36?,37-,38+,39-,40?,41?,42-,43-,44?,46+,48+,49+,50-,51-,52+/m1/s1. The number of aliphatic hydroxyl groups is 7. The highest BCUT2D eigenvalue weighted by atomic mass is 16.7. The van der Waals surface area contributed by atoms with Gasteiger partial charge in [-0.25, -0.2) is 0 Å². The van der Waals surface area contributed by atoms with Crippen LogP contribution >= 0.6 is 0 Å². The fourth-order valence-electron chi connectivity index (χ4n) is 14.5. The van der Waals surface area contributed by atoms with E-state index in [1.165, 1.54) is 13.8 Å². The molecule has 0 spiro atoms. The fourth-order valence-corrected chi connectivity index (χ4v) is 14.5. The Labute approximate surface area is 405 Å². The van der Waals surface area contributed by atoms with Crippen molar-refractivity contribution in [3.05, 3.63) is 11.6 Å². The molecule has 8 N–H and O–H groups in total. The minimum atomic E-state index is -1.93. The van der Waals surface area contributed by atoms with Crippen molar-refractivity contribution in [2.75, 3.05) is 33.7 Å². The first-order valence-corrected chi connectivity index (χ1v) is 25.9. The van der Waals surface area contributed by atoms with Gasteiger partial charge in [0, 0.05) is 55.9 Å².